The first-order chi connectivity index (χ1) is 7.95. The van der Waals surface area contributed by atoms with Crippen molar-refractivity contribution in [3.63, 3.8) is 0 Å². The number of nitrogens with zero attached hydrogens (tertiary/aromatic N) is 1. The lowest BCUT2D eigenvalue weighted by Crippen LogP contribution is -2.23. The molecule has 17 heavy (non-hydrogen) atoms. The molecule has 0 spiro atoms. The minimum atomic E-state index is -1.28. The molecule has 1 heterocycles. The van der Waals surface area contributed by atoms with Crippen LogP contribution in [-0.4, -0.2) is 34.4 Å². The van der Waals surface area contributed by atoms with Crippen LogP contribution in [0.5, 0.6) is 0 Å². The number of pyridine rings is 1. The van der Waals surface area contributed by atoms with Crippen molar-refractivity contribution in [1.82, 2.24) is 4.98 Å². The number of anilines is 2. The second-order valence-electron chi connectivity index (χ2n) is 3.54. The summed E-state index contributed by atoms with van der Waals surface area (Å²) in [5.74, 6) is -0.476. The first-order valence-corrected chi connectivity index (χ1v) is 4.89. The molecule has 0 saturated carbocycles. The fourth-order valence-electron chi connectivity index (χ4n) is 1.26. The summed E-state index contributed by atoms with van der Waals surface area (Å²) in [6.07, 6.45) is -1.59. The van der Waals surface area contributed by atoms with E-state index in [1.54, 1.807) is 0 Å². The zero-order chi connectivity index (χ0) is 13.0. The Balaban J connectivity index is 2.77. The predicted molar refractivity (Wildman–Crippen MR) is 60.7 cm³/mol. The quantitative estimate of drug-likeness (QED) is 0.507. The van der Waals surface area contributed by atoms with Crippen LogP contribution in [0.2, 0.25) is 0 Å². The van der Waals surface area contributed by atoms with E-state index in [-0.39, 0.29) is 23.5 Å². The second-order valence-corrected chi connectivity index (χ2v) is 3.54. The Morgan fingerprint density at radius 1 is 1.53 bits per heavy atom. The maximum Gasteiger partial charge on any atom is 0.308 e. The van der Waals surface area contributed by atoms with E-state index < -0.39 is 18.2 Å². The number of carbonyl (C=O) groups excluding carboxylic acids is 1. The third kappa shape index (κ3) is 3.30. The van der Waals surface area contributed by atoms with E-state index in [4.69, 9.17) is 11.5 Å². The van der Waals surface area contributed by atoms with Crippen LogP contribution in [0.25, 0.3) is 0 Å². The van der Waals surface area contributed by atoms with Gasteiger partial charge in [-0.25, -0.2) is 4.98 Å². The normalized spacial score (nSPS) is 14.1. The summed E-state index contributed by atoms with van der Waals surface area (Å²) >= 11 is 0. The molecule has 0 bridgehead atoms. The summed E-state index contributed by atoms with van der Waals surface area (Å²) in [5, 5.41) is 19.3. The summed E-state index contributed by atoms with van der Waals surface area (Å²) in [5.41, 5.74) is 11.4. The van der Waals surface area contributed by atoms with E-state index >= 15 is 0 Å². The summed E-state index contributed by atoms with van der Waals surface area (Å²) in [6, 6.07) is 1.40. The number of aliphatic hydroxyl groups is 2. The molecular formula is C10H15N3O4. The van der Waals surface area contributed by atoms with Gasteiger partial charge in [0.05, 0.1) is 25.3 Å². The summed E-state index contributed by atoms with van der Waals surface area (Å²) in [7, 11) is 1.20. The Morgan fingerprint density at radius 3 is 2.71 bits per heavy atom. The van der Waals surface area contributed by atoms with Crippen molar-refractivity contribution in [2.24, 2.45) is 0 Å². The summed E-state index contributed by atoms with van der Waals surface area (Å²) in [6.45, 7) is 0. The molecular weight excluding hydrogens is 226 g/mol. The van der Waals surface area contributed by atoms with Gasteiger partial charge >= 0.3 is 5.97 Å². The first kappa shape index (κ1) is 13.2. The van der Waals surface area contributed by atoms with Crippen molar-refractivity contribution in [1.29, 1.82) is 0 Å². The van der Waals surface area contributed by atoms with Crippen LogP contribution in [0.4, 0.5) is 11.5 Å². The van der Waals surface area contributed by atoms with Gasteiger partial charge in [0.2, 0.25) is 0 Å². The Labute approximate surface area is 98.0 Å². The SMILES string of the molecule is COC(=O)CC(O)C(O)c1cnc(N)c(N)c1. The van der Waals surface area contributed by atoms with Gasteiger partial charge in [-0.15, -0.1) is 0 Å². The molecule has 0 radical (unpaired) electrons. The van der Waals surface area contributed by atoms with E-state index in [1.807, 2.05) is 0 Å². The number of nitrogens with two attached hydrogens (primary N) is 2. The van der Waals surface area contributed by atoms with Gasteiger partial charge in [0.15, 0.2) is 0 Å². The standard InChI is InChI=1S/C10H15N3O4/c1-17-8(15)3-7(14)9(16)5-2-6(11)10(12)13-4-5/h2,4,7,9,14,16H,3,11H2,1H3,(H2,12,13). The minimum absolute atomic E-state index is 0.142. The van der Waals surface area contributed by atoms with Gasteiger partial charge in [-0.05, 0) is 6.07 Å². The number of nitrogen functional groups attached to an aromatic ring is 2. The Hall–Kier alpha value is -1.86. The van der Waals surface area contributed by atoms with E-state index in [1.165, 1.54) is 19.4 Å². The Morgan fingerprint density at radius 2 is 2.18 bits per heavy atom. The van der Waals surface area contributed by atoms with Crippen LogP contribution in [-0.2, 0) is 9.53 Å². The molecule has 0 fully saturated rings. The lowest BCUT2D eigenvalue weighted by molar-refractivity contribution is -0.144. The smallest absolute Gasteiger partial charge is 0.308 e. The lowest BCUT2D eigenvalue weighted by Gasteiger charge is -2.17. The molecule has 7 heteroatoms. The van der Waals surface area contributed by atoms with Crippen molar-refractivity contribution in [3.05, 3.63) is 17.8 Å². The van der Waals surface area contributed by atoms with E-state index in [0.717, 1.165) is 0 Å². The van der Waals surface area contributed by atoms with E-state index in [2.05, 4.69) is 9.72 Å². The number of ether oxygens (including phenoxy) is 1. The minimum Gasteiger partial charge on any atom is -0.469 e. The molecule has 1 rings (SSSR count). The zero-order valence-electron chi connectivity index (χ0n) is 9.33. The van der Waals surface area contributed by atoms with Gasteiger partial charge in [-0.2, -0.15) is 0 Å². The number of rotatable bonds is 4. The van der Waals surface area contributed by atoms with Crippen molar-refractivity contribution in [2.75, 3.05) is 18.6 Å². The molecule has 0 saturated heterocycles. The van der Waals surface area contributed by atoms with Crippen molar-refractivity contribution >= 4 is 17.5 Å². The van der Waals surface area contributed by atoms with Crippen LogP contribution in [0.15, 0.2) is 12.3 Å². The van der Waals surface area contributed by atoms with E-state index in [9.17, 15) is 15.0 Å². The molecule has 0 amide bonds. The van der Waals surface area contributed by atoms with Crippen molar-refractivity contribution in [3.8, 4) is 0 Å². The van der Waals surface area contributed by atoms with Crippen LogP contribution in [0.3, 0.4) is 0 Å². The number of methoxy groups -OCH3 is 1. The fraction of sp³-hybridized carbons (Fsp3) is 0.400. The van der Waals surface area contributed by atoms with Crippen LogP contribution in [0.1, 0.15) is 18.1 Å². The Kier molecular flexibility index (Phi) is 4.24. The average Bonchev–Trinajstić information content (AvgIpc) is 2.31. The fourth-order valence-corrected chi connectivity index (χ4v) is 1.26. The average molecular weight is 241 g/mol. The molecule has 94 valence electrons. The van der Waals surface area contributed by atoms with Gasteiger partial charge in [0.1, 0.15) is 11.9 Å². The molecule has 7 nitrogen and oxygen atoms in total. The molecule has 0 aliphatic carbocycles. The number of carbonyl (C=O) groups is 1. The van der Waals surface area contributed by atoms with Gasteiger partial charge in [-0.3, -0.25) is 4.79 Å². The largest absolute Gasteiger partial charge is 0.469 e. The molecule has 0 aromatic carbocycles. The van der Waals surface area contributed by atoms with Gasteiger partial charge in [0.25, 0.3) is 0 Å². The number of hydrogen-bond acceptors (Lipinski definition) is 7. The lowest BCUT2D eigenvalue weighted by atomic mass is 10.0. The highest BCUT2D eigenvalue weighted by Gasteiger charge is 2.22. The molecule has 6 N–H and O–H groups in total. The van der Waals surface area contributed by atoms with E-state index in [0.29, 0.717) is 0 Å². The number of esters is 1. The van der Waals surface area contributed by atoms with Crippen molar-refractivity contribution in [2.45, 2.75) is 18.6 Å². The Bertz CT molecular complexity index is 411. The molecule has 2 atom stereocenters. The highest BCUT2D eigenvalue weighted by molar-refractivity contribution is 5.69. The molecule has 0 aliphatic rings. The van der Waals surface area contributed by atoms with Crippen LogP contribution >= 0.6 is 0 Å². The highest BCUT2D eigenvalue weighted by Crippen LogP contribution is 2.22. The third-order valence-electron chi connectivity index (χ3n) is 2.28. The van der Waals surface area contributed by atoms with Crippen LogP contribution in [0, 0.1) is 0 Å². The number of aliphatic hydroxyl groups excluding tert-OH is 2. The maximum atomic E-state index is 10.9. The highest BCUT2D eigenvalue weighted by atomic mass is 16.5. The first-order valence-electron chi connectivity index (χ1n) is 4.89. The van der Waals surface area contributed by atoms with Crippen molar-refractivity contribution < 1.29 is 19.7 Å². The predicted octanol–water partition coefficient (Wildman–Crippen LogP) is -0.797. The van der Waals surface area contributed by atoms with Crippen LogP contribution < -0.4 is 11.5 Å². The van der Waals surface area contributed by atoms with Gasteiger partial charge in [-0.1, -0.05) is 0 Å². The molecule has 2 unspecified atom stereocenters. The molecule has 0 aliphatic heterocycles. The maximum absolute atomic E-state index is 10.9. The zero-order valence-corrected chi connectivity index (χ0v) is 9.33. The number of aromatic nitrogens is 1. The second kappa shape index (κ2) is 5.46. The van der Waals surface area contributed by atoms with Gasteiger partial charge in [0, 0.05) is 11.8 Å². The number of hydrogen-bond donors (Lipinski definition) is 4. The monoisotopic (exact) mass is 241 g/mol. The van der Waals surface area contributed by atoms with Gasteiger partial charge < -0.3 is 26.4 Å². The molecule has 1 aromatic rings. The third-order valence-corrected chi connectivity index (χ3v) is 2.28. The summed E-state index contributed by atoms with van der Waals surface area (Å²) in [4.78, 5) is 14.7. The molecule has 1 aromatic heterocycles. The topological polar surface area (TPSA) is 132 Å². The summed E-state index contributed by atoms with van der Waals surface area (Å²) < 4.78 is 4.38.